The van der Waals surface area contributed by atoms with E-state index in [0.717, 1.165) is 24.8 Å². The van der Waals surface area contributed by atoms with Crippen LogP contribution in [0.3, 0.4) is 0 Å². The number of amides is 1. The molecule has 1 heterocycles. The molecule has 30 heavy (non-hydrogen) atoms. The number of nitrogens with one attached hydrogen (secondary N) is 2. The van der Waals surface area contributed by atoms with Crippen molar-refractivity contribution in [3.05, 3.63) is 64.8 Å². The van der Waals surface area contributed by atoms with Crippen LogP contribution in [0.2, 0.25) is 0 Å². The minimum absolute atomic E-state index is 0.0318. The summed E-state index contributed by atoms with van der Waals surface area (Å²) < 4.78 is 5.27. The number of carbonyl (C=O) groups is 3. The highest BCUT2D eigenvalue weighted by Crippen LogP contribution is 2.23. The predicted octanol–water partition coefficient (Wildman–Crippen LogP) is 2.99. The van der Waals surface area contributed by atoms with Crippen molar-refractivity contribution in [3.8, 4) is 0 Å². The zero-order valence-electron chi connectivity index (χ0n) is 16.7. The van der Waals surface area contributed by atoms with E-state index in [1.54, 1.807) is 19.1 Å². The molecule has 0 bridgehead atoms. The number of hydrogen-bond acceptors (Lipinski definition) is 5. The van der Waals surface area contributed by atoms with E-state index in [9.17, 15) is 14.4 Å². The number of nitrogens with zero attached hydrogens (tertiary/aromatic N) is 1. The van der Waals surface area contributed by atoms with Crippen molar-refractivity contribution in [2.24, 2.45) is 0 Å². The van der Waals surface area contributed by atoms with Gasteiger partial charge in [0.15, 0.2) is 11.8 Å². The van der Waals surface area contributed by atoms with E-state index < -0.39 is 12.1 Å². The largest absolute Gasteiger partial charge is 0.454 e. The number of hydrogen-bond donors (Lipinski definition) is 2. The van der Waals surface area contributed by atoms with Crippen molar-refractivity contribution in [3.63, 3.8) is 0 Å². The first-order chi connectivity index (χ1) is 14.5. The Balaban J connectivity index is 1.27. The molecule has 2 aromatic carbocycles. The second kappa shape index (κ2) is 8.49. The van der Waals surface area contributed by atoms with Crippen molar-refractivity contribution in [1.29, 1.82) is 0 Å². The number of carbonyl (C=O) groups excluding carboxylic acids is 3. The molecular formula is C23H23N3O4. The zero-order chi connectivity index (χ0) is 21.1. The molecule has 7 heteroatoms. The first-order valence-electron chi connectivity index (χ1n) is 10.1. The third-order valence-corrected chi connectivity index (χ3v) is 5.36. The van der Waals surface area contributed by atoms with Gasteiger partial charge in [0.25, 0.3) is 5.91 Å². The lowest BCUT2D eigenvalue weighted by atomic mass is 10.0. The summed E-state index contributed by atoms with van der Waals surface area (Å²) in [4.78, 5) is 37.0. The molecule has 0 aliphatic heterocycles. The van der Waals surface area contributed by atoms with Gasteiger partial charge in [-0.2, -0.15) is 5.10 Å². The molecule has 1 unspecified atom stereocenters. The van der Waals surface area contributed by atoms with Gasteiger partial charge in [0, 0.05) is 17.5 Å². The van der Waals surface area contributed by atoms with Gasteiger partial charge in [-0.3, -0.25) is 19.5 Å². The van der Waals surface area contributed by atoms with E-state index in [1.807, 2.05) is 30.3 Å². The van der Waals surface area contributed by atoms with Crippen LogP contribution in [-0.2, 0) is 22.4 Å². The molecule has 154 valence electrons. The number of aromatic nitrogens is 2. The highest BCUT2D eigenvalue weighted by Gasteiger charge is 2.22. The molecule has 1 aliphatic rings. The van der Waals surface area contributed by atoms with Crippen molar-refractivity contribution in [2.45, 2.75) is 38.7 Å². The van der Waals surface area contributed by atoms with E-state index in [1.165, 1.54) is 11.1 Å². The molecule has 1 atom stereocenters. The zero-order valence-corrected chi connectivity index (χ0v) is 16.7. The molecule has 0 saturated carbocycles. The summed E-state index contributed by atoms with van der Waals surface area (Å²) in [5.41, 5.74) is 4.10. The summed E-state index contributed by atoms with van der Waals surface area (Å²) in [6.07, 6.45) is 2.24. The smallest absolute Gasteiger partial charge is 0.308 e. The lowest BCUT2D eigenvalue weighted by molar-refractivity contribution is -0.146. The number of fused-ring (bicyclic) bond motifs is 2. The standard InChI is InChI=1S/C23H23N3O4/c1-14(22(28)17-10-9-15-5-4-6-16(15)13-17)30-20(27)11-12-24-23(29)21-18-7-2-3-8-19(18)25-26-21/h2-3,7-10,13-14H,4-6,11-12H2,1H3,(H,24,29)(H,25,26). The molecule has 1 aromatic heterocycles. The van der Waals surface area contributed by atoms with E-state index in [-0.39, 0.29) is 30.3 Å². The van der Waals surface area contributed by atoms with Crippen LogP contribution in [0, 0.1) is 0 Å². The van der Waals surface area contributed by atoms with Gasteiger partial charge in [0.2, 0.25) is 5.78 Å². The number of para-hydroxylation sites is 1. The molecule has 3 aromatic rings. The molecule has 4 rings (SSSR count). The number of rotatable bonds is 7. The minimum atomic E-state index is -0.872. The maximum Gasteiger partial charge on any atom is 0.308 e. The van der Waals surface area contributed by atoms with Crippen LogP contribution in [0.25, 0.3) is 10.9 Å². The highest BCUT2D eigenvalue weighted by atomic mass is 16.5. The van der Waals surface area contributed by atoms with Gasteiger partial charge in [-0.1, -0.05) is 30.3 Å². The Bertz CT molecular complexity index is 1120. The van der Waals surface area contributed by atoms with Crippen LogP contribution in [0.15, 0.2) is 42.5 Å². The summed E-state index contributed by atoms with van der Waals surface area (Å²) in [6.45, 7) is 1.67. The summed E-state index contributed by atoms with van der Waals surface area (Å²) in [5.74, 6) is -1.13. The van der Waals surface area contributed by atoms with E-state index in [4.69, 9.17) is 4.74 Å². The molecule has 0 spiro atoms. The molecule has 7 nitrogen and oxygen atoms in total. The molecule has 0 fully saturated rings. The molecule has 1 amide bonds. The van der Waals surface area contributed by atoms with Crippen molar-refractivity contribution >= 4 is 28.6 Å². The number of aromatic amines is 1. The third-order valence-electron chi connectivity index (χ3n) is 5.36. The molecular weight excluding hydrogens is 382 g/mol. The Labute approximate surface area is 173 Å². The van der Waals surface area contributed by atoms with Gasteiger partial charge in [0.05, 0.1) is 11.9 Å². The van der Waals surface area contributed by atoms with Crippen LogP contribution < -0.4 is 5.32 Å². The summed E-state index contributed by atoms with van der Waals surface area (Å²) in [5, 5.41) is 10.2. The molecule has 0 saturated heterocycles. The topological polar surface area (TPSA) is 101 Å². The van der Waals surface area contributed by atoms with Crippen molar-refractivity contribution in [1.82, 2.24) is 15.5 Å². The normalized spacial score (nSPS) is 13.6. The fourth-order valence-corrected chi connectivity index (χ4v) is 3.77. The number of H-pyrrole nitrogens is 1. The maximum absolute atomic E-state index is 12.6. The number of aryl methyl sites for hydroxylation is 2. The van der Waals surface area contributed by atoms with Gasteiger partial charge in [-0.15, -0.1) is 0 Å². The quantitative estimate of drug-likeness (QED) is 0.465. The van der Waals surface area contributed by atoms with E-state index >= 15 is 0 Å². The summed E-state index contributed by atoms with van der Waals surface area (Å²) >= 11 is 0. The number of Topliss-reactive ketones (excluding diaryl/α,β-unsaturated/α-hetero) is 1. The van der Waals surface area contributed by atoms with E-state index in [0.29, 0.717) is 10.9 Å². The fourth-order valence-electron chi connectivity index (χ4n) is 3.77. The van der Waals surface area contributed by atoms with Gasteiger partial charge in [-0.25, -0.2) is 0 Å². The average Bonchev–Trinajstić information content (AvgIpc) is 3.39. The Kier molecular flexibility index (Phi) is 5.61. The number of esters is 1. The lowest BCUT2D eigenvalue weighted by Crippen LogP contribution is -2.29. The Morgan fingerprint density at radius 1 is 1.13 bits per heavy atom. The fraction of sp³-hybridized carbons (Fsp3) is 0.304. The van der Waals surface area contributed by atoms with Crippen LogP contribution in [0.1, 0.15) is 51.7 Å². The second-order valence-electron chi connectivity index (χ2n) is 7.46. The summed E-state index contributed by atoms with van der Waals surface area (Å²) in [6, 6.07) is 13.0. The first-order valence-corrected chi connectivity index (χ1v) is 10.1. The first kappa shape index (κ1) is 19.8. The third kappa shape index (κ3) is 4.10. The summed E-state index contributed by atoms with van der Waals surface area (Å²) in [7, 11) is 0. The molecule has 2 N–H and O–H groups in total. The Morgan fingerprint density at radius 3 is 2.80 bits per heavy atom. The monoisotopic (exact) mass is 405 g/mol. The second-order valence-corrected chi connectivity index (χ2v) is 7.46. The Hall–Kier alpha value is -3.48. The Morgan fingerprint density at radius 2 is 1.93 bits per heavy atom. The highest BCUT2D eigenvalue weighted by molar-refractivity contribution is 6.04. The van der Waals surface area contributed by atoms with Gasteiger partial charge < -0.3 is 10.1 Å². The van der Waals surface area contributed by atoms with E-state index in [2.05, 4.69) is 15.5 Å². The number of ether oxygens (including phenoxy) is 1. The predicted molar refractivity (Wildman–Crippen MR) is 111 cm³/mol. The van der Waals surface area contributed by atoms with Crippen LogP contribution in [-0.4, -0.2) is 40.5 Å². The van der Waals surface area contributed by atoms with Crippen LogP contribution >= 0.6 is 0 Å². The average molecular weight is 405 g/mol. The SMILES string of the molecule is CC(OC(=O)CCNC(=O)c1n[nH]c2ccccc12)C(=O)c1ccc2c(c1)CCC2. The van der Waals surface area contributed by atoms with Crippen molar-refractivity contribution in [2.75, 3.05) is 6.54 Å². The van der Waals surface area contributed by atoms with Gasteiger partial charge >= 0.3 is 5.97 Å². The van der Waals surface area contributed by atoms with Crippen LogP contribution in [0.4, 0.5) is 0 Å². The number of benzene rings is 2. The van der Waals surface area contributed by atoms with Crippen LogP contribution in [0.5, 0.6) is 0 Å². The maximum atomic E-state index is 12.6. The number of ketones is 1. The minimum Gasteiger partial charge on any atom is -0.454 e. The van der Waals surface area contributed by atoms with Gasteiger partial charge in [-0.05, 0) is 49.4 Å². The molecule has 0 radical (unpaired) electrons. The molecule has 1 aliphatic carbocycles. The lowest BCUT2D eigenvalue weighted by Gasteiger charge is -2.13. The van der Waals surface area contributed by atoms with Gasteiger partial charge in [0.1, 0.15) is 0 Å². The van der Waals surface area contributed by atoms with Crippen molar-refractivity contribution < 1.29 is 19.1 Å².